The van der Waals surface area contributed by atoms with Crippen LogP contribution in [0.15, 0.2) is 24.3 Å². The molecule has 128 valence electrons. The van der Waals surface area contributed by atoms with Crippen LogP contribution in [0.25, 0.3) is 0 Å². The van der Waals surface area contributed by atoms with Crippen LogP contribution in [0.2, 0.25) is 0 Å². The fourth-order valence-corrected chi connectivity index (χ4v) is 1.99. The SMILES string of the molecule is CCN(CC)C(=O)c1cccc(NC(=O)NCC(C)(O)CC)c1. The highest BCUT2D eigenvalue weighted by Crippen LogP contribution is 2.13. The second kappa shape index (κ2) is 8.53. The molecule has 0 aromatic heterocycles. The summed E-state index contributed by atoms with van der Waals surface area (Å²) in [7, 11) is 0. The van der Waals surface area contributed by atoms with Crippen molar-refractivity contribution in [2.45, 2.75) is 39.7 Å². The zero-order chi connectivity index (χ0) is 17.5. The van der Waals surface area contributed by atoms with Crippen LogP contribution < -0.4 is 10.6 Å². The van der Waals surface area contributed by atoms with Crippen LogP contribution in [0, 0.1) is 0 Å². The summed E-state index contributed by atoms with van der Waals surface area (Å²) in [5, 5.41) is 15.2. The molecule has 3 amide bonds. The molecule has 0 saturated carbocycles. The molecule has 1 aromatic rings. The van der Waals surface area contributed by atoms with Crippen molar-refractivity contribution in [3.63, 3.8) is 0 Å². The molecule has 1 aromatic carbocycles. The van der Waals surface area contributed by atoms with E-state index < -0.39 is 11.6 Å². The standard InChI is InChI=1S/C17H27N3O3/c1-5-17(4,23)12-18-16(22)19-14-10-8-9-13(11-14)15(21)20(6-2)7-3/h8-11,23H,5-7,12H2,1-4H3,(H2,18,19,22). The lowest BCUT2D eigenvalue weighted by Gasteiger charge is -2.22. The van der Waals surface area contributed by atoms with E-state index in [9.17, 15) is 14.7 Å². The molecule has 0 fully saturated rings. The van der Waals surface area contributed by atoms with Crippen LogP contribution in [0.4, 0.5) is 10.5 Å². The Hall–Kier alpha value is -2.08. The Kier molecular flexibility index (Phi) is 7.03. The van der Waals surface area contributed by atoms with E-state index in [1.165, 1.54) is 0 Å². The van der Waals surface area contributed by atoms with Crippen molar-refractivity contribution in [3.8, 4) is 0 Å². The van der Waals surface area contributed by atoms with E-state index in [0.29, 0.717) is 30.8 Å². The molecule has 0 radical (unpaired) electrons. The average molecular weight is 321 g/mol. The Morgan fingerprint density at radius 2 is 1.87 bits per heavy atom. The largest absolute Gasteiger partial charge is 0.388 e. The molecule has 0 aliphatic rings. The van der Waals surface area contributed by atoms with Gasteiger partial charge >= 0.3 is 6.03 Å². The van der Waals surface area contributed by atoms with E-state index in [2.05, 4.69) is 10.6 Å². The summed E-state index contributed by atoms with van der Waals surface area (Å²) in [6, 6.07) is 6.42. The molecule has 0 aliphatic heterocycles. The number of benzene rings is 1. The second-order valence-electron chi connectivity index (χ2n) is 5.72. The molecular weight excluding hydrogens is 294 g/mol. The lowest BCUT2D eigenvalue weighted by molar-refractivity contribution is 0.0587. The summed E-state index contributed by atoms with van der Waals surface area (Å²) in [5.74, 6) is -0.0621. The molecule has 1 rings (SSSR count). The third-order valence-corrected chi connectivity index (χ3v) is 3.81. The molecular formula is C17H27N3O3. The monoisotopic (exact) mass is 321 g/mol. The zero-order valence-electron chi connectivity index (χ0n) is 14.3. The van der Waals surface area contributed by atoms with Gasteiger partial charge in [-0.25, -0.2) is 4.79 Å². The van der Waals surface area contributed by atoms with Crippen molar-refractivity contribution in [2.75, 3.05) is 25.0 Å². The van der Waals surface area contributed by atoms with Crippen LogP contribution in [0.1, 0.15) is 44.5 Å². The van der Waals surface area contributed by atoms with Crippen LogP contribution in [-0.4, -0.2) is 47.2 Å². The summed E-state index contributed by atoms with van der Waals surface area (Å²) in [5.41, 5.74) is 0.140. The third-order valence-electron chi connectivity index (χ3n) is 3.81. The number of aliphatic hydroxyl groups is 1. The number of hydrogen-bond acceptors (Lipinski definition) is 3. The number of carbonyl (C=O) groups is 2. The molecule has 3 N–H and O–H groups in total. The van der Waals surface area contributed by atoms with Gasteiger partial charge in [-0.3, -0.25) is 4.79 Å². The van der Waals surface area contributed by atoms with Gasteiger partial charge < -0.3 is 20.6 Å². The summed E-state index contributed by atoms with van der Waals surface area (Å²) in [4.78, 5) is 25.9. The van der Waals surface area contributed by atoms with E-state index in [0.717, 1.165) is 0 Å². The normalized spacial score (nSPS) is 13.1. The maximum atomic E-state index is 12.3. The van der Waals surface area contributed by atoms with E-state index in [4.69, 9.17) is 0 Å². The highest BCUT2D eigenvalue weighted by atomic mass is 16.3. The fraction of sp³-hybridized carbons (Fsp3) is 0.529. The van der Waals surface area contributed by atoms with Crippen molar-refractivity contribution in [1.29, 1.82) is 0 Å². The predicted molar refractivity (Wildman–Crippen MR) is 91.6 cm³/mol. The van der Waals surface area contributed by atoms with Gasteiger partial charge in [0.15, 0.2) is 0 Å². The molecule has 0 saturated heterocycles. The summed E-state index contributed by atoms with van der Waals surface area (Å²) in [6.07, 6.45) is 0.543. The van der Waals surface area contributed by atoms with Gasteiger partial charge in [0.05, 0.1) is 5.60 Å². The van der Waals surface area contributed by atoms with Gasteiger partial charge in [0.25, 0.3) is 5.91 Å². The Bertz CT molecular complexity index is 540. The quantitative estimate of drug-likeness (QED) is 0.721. The Morgan fingerprint density at radius 1 is 1.22 bits per heavy atom. The first-order chi connectivity index (χ1) is 10.8. The third kappa shape index (κ3) is 5.90. The Morgan fingerprint density at radius 3 is 2.43 bits per heavy atom. The number of nitrogens with zero attached hydrogens (tertiary/aromatic N) is 1. The van der Waals surface area contributed by atoms with Crippen LogP contribution in [0.3, 0.4) is 0 Å². The minimum atomic E-state index is -0.933. The predicted octanol–water partition coefficient (Wildman–Crippen LogP) is 2.45. The van der Waals surface area contributed by atoms with Gasteiger partial charge in [-0.05, 0) is 45.4 Å². The molecule has 6 heteroatoms. The molecule has 0 aliphatic carbocycles. The van der Waals surface area contributed by atoms with E-state index >= 15 is 0 Å². The number of rotatable bonds is 7. The van der Waals surface area contributed by atoms with Gasteiger partial charge in [-0.1, -0.05) is 13.0 Å². The summed E-state index contributed by atoms with van der Waals surface area (Å²) >= 11 is 0. The first-order valence-corrected chi connectivity index (χ1v) is 7.99. The molecule has 0 spiro atoms. The van der Waals surface area contributed by atoms with Gasteiger partial charge in [0.2, 0.25) is 0 Å². The van der Waals surface area contributed by atoms with Gasteiger partial charge in [-0.15, -0.1) is 0 Å². The maximum Gasteiger partial charge on any atom is 0.319 e. The Labute approximate surface area is 137 Å². The molecule has 1 atom stereocenters. The van der Waals surface area contributed by atoms with E-state index in [-0.39, 0.29) is 12.5 Å². The summed E-state index contributed by atoms with van der Waals surface area (Å²) < 4.78 is 0. The highest BCUT2D eigenvalue weighted by molar-refractivity contribution is 5.96. The number of anilines is 1. The van der Waals surface area contributed by atoms with Gasteiger partial charge in [-0.2, -0.15) is 0 Å². The maximum absolute atomic E-state index is 12.3. The van der Waals surface area contributed by atoms with Gasteiger partial charge in [0.1, 0.15) is 0 Å². The fourth-order valence-electron chi connectivity index (χ4n) is 1.99. The lowest BCUT2D eigenvalue weighted by Crippen LogP contribution is -2.41. The van der Waals surface area contributed by atoms with Crippen molar-refractivity contribution >= 4 is 17.6 Å². The zero-order valence-corrected chi connectivity index (χ0v) is 14.3. The second-order valence-corrected chi connectivity index (χ2v) is 5.72. The molecule has 0 bridgehead atoms. The number of amides is 3. The molecule has 1 unspecified atom stereocenters. The van der Waals surface area contributed by atoms with Crippen molar-refractivity contribution in [2.24, 2.45) is 0 Å². The lowest BCUT2D eigenvalue weighted by atomic mass is 10.0. The molecule has 23 heavy (non-hydrogen) atoms. The first kappa shape index (κ1) is 19.0. The molecule has 6 nitrogen and oxygen atoms in total. The van der Waals surface area contributed by atoms with Crippen molar-refractivity contribution in [3.05, 3.63) is 29.8 Å². The number of carbonyl (C=O) groups excluding carboxylic acids is 2. The van der Waals surface area contributed by atoms with Crippen LogP contribution in [-0.2, 0) is 0 Å². The first-order valence-electron chi connectivity index (χ1n) is 7.99. The minimum Gasteiger partial charge on any atom is -0.388 e. The number of hydrogen-bond donors (Lipinski definition) is 3. The summed E-state index contributed by atoms with van der Waals surface area (Å²) in [6.45, 7) is 8.80. The van der Waals surface area contributed by atoms with Crippen LogP contribution in [0.5, 0.6) is 0 Å². The number of nitrogens with one attached hydrogen (secondary N) is 2. The van der Waals surface area contributed by atoms with Crippen molar-refractivity contribution in [1.82, 2.24) is 10.2 Å². The van der Waals surface area contributed by atoms with Crippen LogP contribution >= 0.6 is 0 Å². The van der Waals surface area contributed by atoms with Gasteiger partial charge in [0, 0.05) is 30.9 Å². The van der Waals surface area contributed by atoms with Crippen molar-refractivity contribution < 1.29 is 14.7 Å². The average Bonchev–Trinajstić information content (AvgIpc) is 2.54. The smallest absolute Gasteiger partial charge is 0.319 e. The molecule has 0 heterocycles. The minimum absolute atomic E-state index is 0.0621. The van der Waals surface area contributed by atoms with E-state index in [1.807, 2.05) is 20.8 Å². The van der Waals surface area contributed by atoms with E-state index in [1.54, 1.807) is 36.1 Å². The topological polar surface area (TPSA) is 81.7 Å². The number of urea groups is 1. The Balaban J connectivity index is 2.70. The highest BCUT2D eigenvalue weighted by Gasteiger charge is 2.18.